The van der Waals surface area contributed by atoms with E-state index in [1.165, 1.54) is 26.4 Å². The van der Waals surface area contributed by atoms with Crippen LogP contribution in [0.3, 0.4) is 0 Å². The lowest BCUT2D eigenvalue weighted by Gasteiger charge is -2.16. The number of hydrogen-bond acceptors (Lipinski definition) is 3. The molecule has 0 heterocycles. The van der Waals surface area contributed by atoms with Crippen LogP contribution in [0, 0.1) is 5.82 Å². The number of nitrogens with one attached hydrogen (secondary N) is 1. The van der Waals surface area contributed by atoms with Crippen molar-refractivity contribution in [1.82, 2.24) is 5.32 Å². The number of rotatable bonds is 5. The van der Waals surface area contributed by atoms with Gasteiger partial charge in [-0.1, -0.05) is 12.1 Å². The summed E-state index contributed by atoms with van der Waals surface area (Å²) in [5.41, 5.74) is 1.23. The van der Waals surface area contributed by atoms with Crippen molar-refractivity contribution in [2.75, 3.05) is 14.2 Å². The summed E-state index contributed by atoms with van der Waals surface area (Å²) in [5.74, 6) is 0.424. The lowest BCUT2D eigenvalue weighted by atomic mass is 10.1. The highest BCUT2D eigenvalue weighted by atomic mass is 79.9. The number of halogens is 2. The Kier molecular flexibility index (Phi) is 5.60. The van der Waals surface area contributed by atoms with Crippen LogP contribution in [0.5, 0.6) is 11.5 Å². The molecule has 1 amide bonds. The Balaban J connectivity index is 2.21. The Hall–Kier alpha value is -2.08. The van der Waals surface area contributed by atoms with Gasteiger partial charge in [0.25, 0.3) is 5.91 Å². The van der Waals surface area contributed by atoms with Gasteiger partial charge in [-0.25, -0.2) is 4.39 Å². The largest absolute Gasteiger partial charge is 0.495 e. The maximum atomic E-state index is 13.0. The summed E-state index contributed by atoms with van der Waals surface area (Å²) in [5, 5.41) is 2.87. The van der Waals surface area contributed by atoms with Crippen molar-refractivity contribution < 1.29 is 18.7 Å². The standard InChI is InChI=1S/C17H17BrFNO3/c1-10(11-4-6-13(19)7-5-11)20-17(21)12-8-14(22-2)16(18)15(9-12)23-3/h4-10H,1-3H3,(H,20,21). The van der Waals surface area contributed by atoms with Crippen LogP contribution in [-0.2, 0) is 0 Å². The van der Waals surface area contributed by atoms with E-state index in [-0.39, 0.29) is 17.8 Å². The number of amides is 1. The first-order valence-corrected chi connectivity index (χ1v) is 7.73. The topological polar surface area (TPSA) is 47.6 Å². The first kappa shape index (κ1) is 17.3. The lowest BCUT2D eigenvalue weighted by Crippen LogP contribution is -2.26. The van der Waals surface area contributed by atoms with Gasteiger partial charge in [-0.3, -0.25) is 4.79 Å². The highest BCUT2D eigenvalue weighted by Crippen LogP contribution is 2.35. The number of ether oxygens (including phenoxy) is 2. The van der Waals surface area contributed by atoms with Crippen LogP contribution in [0.25, 0.3) is 0 Å². The zero-order valence-electron chi connectivity index (χ0n) is 13.0. The van der Waals surface area contributed by atoms with Gasteiger partial charge in [0.05, 0.1) is 20.3 Å². The van der Waals surface area contributed by atoms with Crippen LogP contribution in [0.4, 0.5) is 4.39 Å². The normalized spacial score (nSPS) is 11.7. The van der Waals surface area contributed by atoms with Gasteiger partial charge in [-0.05, 0) is 52.7 Å². The van der Waals surface area contributed by atoms with Crippen molar-refractivity contribution in [1.29, 1.82) is 0 Å². The monoisotopic (exact) mass is 381 g/mol. The second-order valence-corrected chi connectivity index (χ2v) is 5.73. The molecule has 0 aliphatic heterocycles. The van der Waals surface area contributed by atoms with E-state index in [0.717, 1.165) is 5.56 Å². The summed E-state index contributed by atoms with van der Waals surface area (Å²) in [4.78, 5) is 12.4. The van der Waals surface area contributed by atoms with Crippen LogP contribution in [0.15, 0.2) is 40.9 Å². The Bertz CT molecular complexity index is 678. The van der Waals surface area contributed by atoms with Gasteiger partial charge in [0, 0.05) is 5.56 Å². The number of carbonyl (C=O) groups is 1. The van der Waals surface area contributed by atoms with Crippen LogP contribution in [-0.4, -0.2) is 20.1 Å². The average molecular weight is 382 g/mol. The maximum absolute atomic E-state index is 13.0. The molecule has 1 unspecified atom stereocenters. The van der Waals surface area contributed by atoms with Gasteiger partial charge in [0.15, 0.2) is 0 Å². The van der Waals surface area contributed by atoms with Crippen molar-refractivity contribution in [2.45, 2.75) is 13.0 Å². The van der Waals surface area contributed by atoms with Crippen LogP contribution < -0.4 is 14.8 Å². The molecular formula is C17H17BrFNO3. The third-order valence-corrected chi connectivity index (χ3v) is 4.21. The van der Waals surface area contributed by atoms with Gasteiger partial charge in [0.1, 0.15) is 21.8 Å². The molecule has 0 aliphatic carbocycles. The summed E-state index contributed by atoms with van der Waals surface area (Å²) in [6.07, 6.45) is 0. The summed E-state index contributed by atoms with van der Waals surface area (Å²) < 4.78 is 24.1. The van der Waals surface area contributed by atoms with E-state index in [0.29, 0.717) is 21.5 Å². The van der Waals surface area contributed by atoms with Crippen molar-refractivity contribution in [3.8, 4) is 11.5 Å². The van der Waals surface area contributed by atoms with E-state index < -0.39 is 0 Å². The van der Waals surface area contributed by atoms with E-state index in [9.17, 15) is 9.18 Å². The molecule has 0 fully saturated rings. The first-order valence-electron chi connectivity index (χ1n) is 6.94. The van der Waals surface area contributed by atoms with Crippen LogP contribution >= 0.6 is 15.9 Å². The Morgan fingerprint density at radius 1 is 1.13 bits per heavy atom. The third-order valence-electron chi connectivity index (χ3n) is 3.43. The molecule has 0 radical (unpaired) electrons. The summed E-state index contributed by atoms with van der Waals surface area (Å²) in [7, 11) is 3.03. The average Bonchev–Trinajstić information content (AvgIpc) is 2.55. The SMILES string of the molecule is COc1cc(C(=O)NC(C)c2ccc(F)cc2)cc(OC)c1Br. The Morgan fingerprint density at radius 2 is 1.65 bits per heavy atom. The molecule has 2 aromatic rings. The van der Waals surface area contributed by atoms with Crippen molar-refractivity contribution in [3.63, 3.8) is 0 Å². The molecule has 0 aromatic heterocycles. The van der Waals surface area contributed by atoms with Crippen molar-refractivity contribution in [3.05, 3.63) is 57.8 Å². The maximum Gasteiger partial charge on any atom is 0.252 e. The molecule has 0 saturated heterocycles. The van der Waals surface area contributed by atoms with Crippen LogP contribution in [0.2, 0.25) is 0 Å². The molecule has 122 valence electrons. The molecule has 1 atom stereocenters. The second kappa shape index (κ2) is 7.46. The highest BCUT2D eigenvalue weighted by molar-refractivity contribution is 9.10. The number of hydrogen-bond donors (Lipinski definition) is 1. The quantitative estimate of drug-likeness (QED) is 0.847. The molecule has 0 bridgehead atoms. The molecule has 0 aliphatic rings. The third kappa shape index (κ3) is 4.01. The minimum absolute atomic E-state index is 0.260. The fourth-order valence-corrected chi connectivity index (χ4v) is 2.67. The van der Waals surface area contributed by atoms with Gasteiger partial charge < -0.3 is 14.8 Å². The Morgan fingerprint density at radius 3 is 2.13 bits per heavy atom. The van der Waals surface area contributed by atoms with Crippen molar-refractivity contribution >= 4 is 21.8 Å². The van der Waals surface area contributed by atoms with E-state index in [1.54, 1.807) is 24.3 Å². The molecule has 2 rings (SSSR count). The predicted octanol–water partition coefficient (Wildman–Crippen LogP) is 4.10. The molecule has 0 saturated carbocycles. The molecule has 2 aromatic carbocycles. The highest BCUT2D eigenvalue weighted by Gasteiger charge is 2.16. The number of methoxy groups -OCH3 is 2. The van der Waals surface area contributed by atoms with E-state index in [2.05, 4.69) is 21.2 Å². The first-order chi connectivity index (χ1) is 11.0. The lowest BCUT2D eigenvalue weighted by molar-refractivity contribution is 0.0939. The minimum Gasteiger partial charge on any atom is -0.495 e. The van der Waals surface area contributed by atoms with Gasteiger partial charge in [-0.15, -0.1) is 0 Å². The van der Waals surface area contributed by atoms with E-state index in [4.69, 9.17) is 9.47 Å². The fourth-order valence-electron chi connectivity index (χ4n) is 2.12. The molecule has 0 spiro atoms. The zero-order chi connectivity index (χ0) is 17.0. The molecule has 23 heavy (non-hydrogen) atoms. The molecular weight excluding hydrogens is 365 g/mol. The van der Waals surface area contributed by atoms with Crippen molar-refractivity contribution in [2.24, 2.45) is 0 Å². The molecule has 1 N–H and O–H groups in total. The van der Waals surface area contributed by atoms with Gasteiger partial charge >= 0.3 is 0 Å². The van der Waals surface area contributed by atoms with E-state index >= 15 is 0 Å². The number of carbonyl (C=O) groups excluding carboxylic acids is 1. The molecule has 6 heteroatoms. The Labute approximate surface area is 142 Å². The fraction of sp³-hybridized carbons (Fsp3) is 0.235. The van der Waals surface area contributed by atoms with Gasteiger partial charge in [0.2, 0.25) is 0 Å². The molecule has 4 nitrogen and oxygen atoms in total. The smallest absolute Gasteiger partial charge is 0.252 e. The summed E-state index contributed by atoms with van der Waals surface area (Å²) in [6, 6.07) is 9.00. The van der Waals surface area contributed by atoms with Crippen LogP contribution in [0.1, 0.15) is 28.9 Å². The van der Waals surface area contributed by atoms with Gasteiger partial charge in [-0.2, -0.15) is 0 Å². The summed E-state index contributed by atoms with van der Waals surface area (Å²) >= 11 is 3.36. The predicted molar refractivity (Wildman–Crippen MR) is 89.5 cm³/mol. The minimum atomic E-state index is -0.311. The number of benzene rings is 2. The summed E-state index contributed by atoms with van der Waals surface area (Å²) in [6.45, 7) is 1.83. The second-order valence-electron chi connectivity index (χ2n) is 4.94. The zero-order valence-corrected chi connectivity index (χ0v) is 14.6. The van der Waals surface area contributed by atoms with E-state index in [1.807, 2.05) is 6.92 Å².